The van der Waals surface area contributed by atoms with Crippen molar-refractivity contribution in [2.75, 3.05) is 14.2 Å². The fourth-order valence-electron chi connectivity index (χ4n) is 1.58. The molecule has 6 heteroatoms. The fraction of sp³-hybridized carbons (Fsp3) is 0.833. The summed E-state index contributed by atoms with van der Waals surface area (Å²) in [6, 6.07) is 0. The summed E-state index contributed by atoms with van der Waals surface area (Å²) < 4.78 is 28.0. The number of ether oxygens (including phenoxy) is 3. The third-order valence-electron chi connectivity index (χ3n) is 2.43. The molecule has 1 saturated heterocycles. The van der Waals surface area contributed by atoms with Gasteiger partial charge in [0.15, 0.2) is 0 Å². The summed E-state index contributed by atoms with van der Waals surface area (Å²) >= 11 is 0. The van der Waals surface area contributed by atoms with Crippen LogP contribution in [-0.4, -0.2) is 51.0 Å². The average Bonchev–Trinajstić information content (AvgIpc) is 2.76. The van der Waals surface area contributed by atoms with E-state index in [0.717, 1.165) is 0 Å². The molecule has 0 aromatic heterocycles. The lowest BCUT2D eigenvalue weighted by Crippen LogP contribution is -2.25. The number of hydrogen-bond donors (Lipinski definition) is 1. The standard InChI is InChI=1S/C11H18O5.CH4O/c1-7-6-9(8(2)15-7)16-11(13)5-4-10(12)14-3;1-2/h7-9H,4-6H2,1-3H3;2H,1H3/t7-,8+,9+;/m0./s1/i2D;2T. The molecular weight excluding hydrogens is 240 g/mol. The first kappa shape index (κ1) is 13.3. The normalized spacial score (nSPS) is 27.4. The Kier molecular flexibility index (Phi) is 6.56. The summed E-state index contributed by atoms with van der Waals surface area (Å²) in [5, 5.41) is 3.50. The van der Waals surface area contributed by atoms with Crippen LogP contribution in [0.15, 0.2) is 0 Å². The van der Waals surface area contributed by atoms with E-state index in [0.29, 0.717) is 6.42 Å². The second-order valence-corrected chi connectivity index (χ2v) is 3.83. The molecule has 1 rings (SSSR count). The maximum Gasteiger partial charge on any atom is 0.306 e. The molecule has 1 N–H and O–H groups in total. The predicted octanol–water partition coefficient (Wildman–Crippen LogP) is 0.657. The lowest BCUT2D eigenvalue weighted by atomic mass is 10.1. The molecule has 0 aromatic carbocycles. The Labute approximate surface area is 110 Å². The second-order valence-electron chi connectivity index (χ2n) is 3.83. The topological polar surface area (TPSA) is 82.1 Å². The van der Waals surface area contributed by atoms with Crippen molar-refractivity contribution in [3.05, 3.63) is 0 Å². The maximum absolute atomic E-state index is 11.4. The van der Waals surface area contributed by atoms with Crippen molar-refractivity contribution in [2.45, 2.75) is 51.4 Å². The van der Waals surface area contributed by atoms with Gasteiger partial charge in [-0.15, -0.1) is 0 Å². The van der Waals surface area contributed by atoms with E-state index >= 15 is 0 Å². The lowest BCUT2D eigenvalue weighted by molar-refractivity contribution is -0.154. The highest BCUT2D eigenvalue weighted by atomic mass is 16.6. The summed E-state index contributed by atoms with van der Waals surface area (Å²) in [5.74, 6) is -0.883. The average molecular weight is 265 g/mol. The highest BCUT2D eigenvalue weighted by Crippen LogP contribution is 2.22. The summed E-state index contributed by atoms with van der Waals surface area (Å²) in [4.78, 5) is 22.3. The number of carbonyl (C=O) groups excluding carboxylic acids is 2. The molecule has 106 valence electrons. The van der Waals surface area contributed by atoms with Gasteiger partial charge in [-0.3, -0.25) is 9.59 Å². The van der Waals surface area contributed by atoms with Crippen molar-refractivity contribution in [2.24, 2.45) is 0 Å². The van der Waals surface area contributed by atoms with Gasteiger partial charge in [0.1, 0.15) is 6.10 Å². The van der Waals surface area contributed by atoms with Gasteiger partial charge < -0.3 is 19.3 Å². The molecule has 0 radical (unpaired) electrons. The zero-order chi connectivity index (χ0) is 15.5. The Hall–Kier alpha value is -1.14. The number of esters is 2. The van der Waals surface area contributed by atoms with Crippen LogP contribution in [0.3, 0.4) is 0 Å². The molecule has 6 nitrogen and oxygen atoms in total. The minimum absolute atomic E-state index is 0.00226. The van der Waals surface area contributed by atoms with Crippen molar-refractivity contribution in [1.82, 2.24) is 0 Å². The molecule has 0 aliphatic carbocycles. The van der Waals surface area contributed by atoms with E-state index in [1.165, 1.54) is 14.2 Å². The first-order valence-corrected chi connectivity index (χ1v) is 5.68. The van der Waals surface area contributed by atoms with Gasteiger partial charge in [0.05, 0.1) is 32.2 Å². The van der Waals surface area contributed by atoms with Crippen LogP contribution in [-0.2, 0) is 23.8 Å². The summed E-state index contributed by atoms with van der Waals surface area (Å²) in [7, 11) is 2.57. The highest BCUT2D eigenvalue weighted by molar-refractivity contribution is 5.77. The molecule has 0 unspecified atom stereocenters. The van der Waals surface area contributed by atoms with Gasteiger partial charge in [0, 0.05) is 14.9 Å². The van der Waals surface area contributed by atoms with Crippen LogP contribution < -0.4 is 0 Å². The van der Waals surface area contributed by atoms with E-state index in [2.05, 4.69) is 9.85 Å². The summed E-state index contributed by atoms with van der Waals surface area (Å²) in [6.07, 6.45) is -0.0942. The van der Waals surface area contributed by atoms with Crippen LogP contribution in [0.5, 0.6) is 0 Å². The number of aliphatic hydroxyl groups excluding tert-OH is 1. The van der Waals surface area contributed by atoms with Crippen molar-refractivity contribution < 1.29 is 30.3 Å². The van der Waals surface area contributed by atoms with Gasteiger partial charge in [-0.2, -0.15) is 0 Å². The molecule has 0 amide bonds. The minimum Gasteiger partial charge on any atom is -0.469 e. The van der Waals surface area contributed by atoms with Gasteiger partial charge in [0.2, 0.25) is 1.43 Å². The van der Waals surface area contributed by atoms with Gasteiger partial charge >= 0.3 is 11.9 Å². The minimum atomic E-state index is -0.448. The van der Waals surface area contributed by atoms with Crippen LogP contribution in [0.2, 0.25) is 0 Å². The van der Waals surface area contributed by atoms with E-state index < -0.39 is 11.9 Å². The van der Waals surface area contributed by atoms with Crippen LogP contribution in [0.25, 0.3) is 0 Å². The smallest absolute Gasteiger partial charge is 0.306 e. The van der Waals surface area contributed by atoms with Gasteiger partial charge in [0.25, 0.3) is 0 Å². The first-order valence-electron chi connectivity index (χ1n) is 6.80. The predicted molar refractivity (Wildman–Crippen MR) is 63.9 cm³/mol. The van der Waals surface area contributed by atoms with Crippen LogP contribution in [0.1, 0.15) is 34.5 Å². The number of carbonyl (C=O) groups is 2. The first-order chi connectivity index (χ1) is 9.48. The molecule has 0 saturated carbocycles. The summed E-state index contributed by atoms with van der Waals surface area (Å²) in [6.45, 7) is 1.95. The van der Waals surface area contributed by atoms with Crippen LogP contribution in [0.4, 0.5) is 0 Å². The molecule has 1 heterocycles. The Morgan fingerprint density at radius 3 is 2.72 bits per heavy atom. The molecule has 0 spiro atoms. The SMILES string of the molecule is [2H]C[C@H]1O[C@@H](C)C[C@H]1OC(=O)CCC(=O)OC.[3H]OC. The van der Waals surface area contributed by atoms with Crippen molar-refractivity contribution in [1.29, 1.82) is 1.43 Å². The molecule has 3 atom stereocenters. The molecule has 1 fully saturated rings. The zero-order valence-corrected chi connectivity index (χ0v) is 11.0. The highest BCUT2D eigenvalue weighted by Gasteiger charge is 2.32. The molecule has 18 heavy (non-hydrogen) atoms. The fourth-order valence-corrected chi connectivity index (χ4v) is 1.58. The molecule has 1 aliphatic rings. The van der Waals surface area contributed by atoms with Crippen LogP contribution >= 0.6 is 0 Å². The van der Waals surface area contributed by atoms with E-state index in [4.69, 9.17) is 12.3 Å². The van der Waals surface area contributed by atoms with E-state index in [9.17, 15) is 9.59 Å². The van der Waals surface area contributed by atoms with Gasteiger partial charge in [-0.25, -0.2) is 0 Å². The third kappa shape index (κ3) is 5.97. The number of methoxy groups -OCH3 is 1. The van der Waals surface area contributed by atoms with Crippen molar-refractivity contribution in [3.63, 3.8) is 0 Å². The van der Waals surface area contributed by atoms with E-state index in [1.807, 2.05) is 6.92 Å². The summed E-state index contributed by atoms with van der Waals surface area (Å²) in [5.41, 5.74) is 0. The Morgan fingerprint density at radius 1 is 1.56 bits per heavy atom. The maximum atomic E-state index is 11.4. The quantitative estimate of drug-likeness (QED) is 0.752. The number of hydrogen-bond acceptors (Lipinski definition) is 6. The Morgan fingerprint density at radius 2 is 2.17 bits per heavy atom. The van der Waals surface area contributed by atoms with Gasteiger partial charge in [-0.05, 0) is 13.8 Å². The van der Waals surface area contributed by atoms with E-state index in [1.54, 1.807) is 0 Å². The van der Waals surface area contributed by atoms with Crippen molar-refractivity contribution >= 4 is 11.9 Å². The largest absolute Gasteiger partial charge is 0.469 e. The lowest BCUT2D eigenvalue weighted by Gasteiger charge is -2.14. The molecule has 1 aliphatic heterocycles. The third-order valence-corrected chi connectivity index (χ3v) is 2.43. The molecule has 0 aromatic rings. The number of rotatable bonds is 4. The van der Waals surface area contributed by atoms with Gasteiger partial charge in [-0.1, -0.05) is 0 Å². The zero-order valence-electron chi connectivity index (χ0n) is 13.0. The van der Waals surface area contributed by atoms with Crippen molar-refractivity contribution in [3.8, 4) is 0 Å². The molecule has 0 bridgehead atoms. The number of aliphatic hydroxyl groups is 1. The second kappa shape index (κ2) is 8.88. The molecular formula is C12H22O6. The Balaban J connectivity index is 0.00000110. The van der Waals surface area contributed by atoms with E-state index in [-0.39, 0.29) is 38.1 Å². The Bertz CT molecular complexity index is 300. The van der Waals surface area contributed by atoms with Crippen LogP contribution in [0, 0.1) is 0 Å². The monoisotopic (exact) mass is 265 g/mol.